The monoisotopic (exact) mass is 338 g/mol. The second-order valence-electron chi connectivity index (χ2n) is 6.69. The summed E-state index contributed by atoms with van der Waals surface area (Å²) in [6.45, 7) is 4.56. The lowest BCUT2D eigenvalue weighted by molar-refractivity contribution is -0.122. The third kappa shape index (κ3) is 4.60. The molecule has 0 bridgehead atoms. The number of rotatable bonds is 7. The number of carbonyl (C=O) groups is 1. The van der Waals surface area contributed by atoms with E-state index in [1.54, 1.807) is 0 Å². The number of ether oxygens (including phenoxy) is 1. The molecule has 1 amide bonds. The predicted molar refractivity (Wildman–Crippen MR) is 101 cm³/mol. The zero-order valence-corrected chi connectivity index (χ0v) is 14.8. The number of carbonyl (C=O) groups excluding carboxylic acids is 1. The molecule has 25 heavy (non-hydrogen) atoms. The molecule has 1 atom stereocenters. The molecule has 1 aliphatic heterocycles. The molecule has 1 heterocycles. The van der Waals surface area contributed by atoms with Crippen molar-refractivity contribution in [2.45, 2.75) is 32.2 Å². The van der Waals surface area contributed by atoms with Gasteiger partial charge in [-0.3, -0.25) is 9.69 Å². The first kappa shape index (κ1) is 17.5. The molecular formula is C21H26N2O2. The number of amides is 1. The average molecular weight is 338 g/mol. The fourth-order valence-electron chi connectivity index (χ4n) is 3.44. The van der Waals surface area contributed by atoms with Crippen LogP contribution in [0.5, 0.6) is 5.75 Å². The second-order valence-corrected chi connectivity index (χ2v) is 6.69. The molecule has 1 fully saturated rings. The molecule has 4 heteroatoms. The van der Waals surface area contributed by atoms with Crippen LogP contribution < -0.4 is 10.5 Å². The van der Waals surface area contributed by atoms with Gasteiger partial charge in [-0.15, -0.1) is 0 Å². The van der Waals surface area contributed by atoms with Crippen LogP contribution in [-0.2, 0) is 4.79 Å². The van der Waals surface area contributed by atoms with Crippen LogP contribution >= 0.6 is 0 Å². The maximum atomic E-state index is 11.4. The smallest absolute Gasteiger partial charge is 0.234 e. The number of nitrogens with zero attached hydrogens (tertiary/aromatic N) is 1. The van der Waals surface area contributed by atoms with Gasteiger partial charge < -0.3 is 10.5 Å². The van der Waals surface area contributed by atoms with Gasteiger partial charge in [0.1, 0.15) is 5.75 Å². The molecule has 3 rings (SSSR count). The SMILES string of the molecule is Cc1cccc(-c2ccc(OCCCN3CCCC3C(N)=O)cc2)c1. The van der Waals surface area contributed by atoms with E-state index in [-0.39, 0.29) is 11.9 Å². The lowest BCUT2D eigenvalue weighted by atomic mass is 10.0. The van der Waals surface area contributed by atoms with Crippen molar-refractivity contribution >= 4 is 5.91 Å². The number of benzene rings is 2. The van der Waals surface area contributed by atoms with Gasteiger partial charge in [0.15, 0.2) is 0 Å². The van der Waals surface area contributed by atoms with Gasteiger partial charge in [-0.1, -0.05) is 42.0 Å². The van der Waals surface area contributed by atoms with Crippen molar-refractivity contribution in [2.24, 2.45) is 5.73 Å². The molecule has 4 nitrogen and oxygen atoms in total. The van der Waals surface area contributed by atoms with Crippen LogP contribution in [0.2, 0.25) is 0 Å². The summed E-state index contributed by atoms with van der Waals surface area (Å²) >= 11 is 0. The van der Waals surface area contributed by atoms with E-state index in [0.29, 0.717) is 6.61 Å². The highest BCUT2D eigenvalue weighted by molar-refractivity contribution is 5.80. The number of aryl methyl sites for hydroxylation is 1. The quantitative estimate of drug-likeness (QED) is 0.788. The van der Waals surface area contributed by atoms with Crippen LogP contribution in [0, 0.1) is 6.92 Å². The topological polar surface area (TPSA) is 55.6 Å². The minimum Gasteiger partial charge on any atom is -0.494 e. The summed E-state index contributed by atoms with van der Waals surface area (Å²) in [6, 6.07) is 16.6. The molecule has 0 aliphatic carbocycles. The summed E-state index contributed by atoms with van der Waals surface area (Å²) in [5, 5.41) is 0. The van der Waals surface area contributed by atoms with Gasteiger partial charge in [-0.2, -0.15) is 0 Å². The van der Waals surface area contributed by atoms with Gasteiger partial charge in [-0.25, -0.2) is 0 Å². The molecule has 132 valence electrons. The van der Waals surface area contributed by atoms with Crippen LogP contribution in [-0.4, -0.2) is 36.5 Å². The number of likely N-dealkylation sites (tertiary alicyclic amines) is 1. The molecule has 2 N–H and O–H groups in total. The zero-order valence-electron chi connectivity index (χ0n) is 14.8. The van der Waals surface area contributed by atoms with E-state index in [0.717, 1.165) is 38.1 Å². The molecule has 0 aromatic heterocycles. The van der Waals surface area contributed by atoms with Crippen LogP contribution in [0.4, 0.5) is 0 Å². The van der Waals surface area contributed by atoms with Crippen LogP contribution in [0.3, 0.4) is 0 Å². The minimum atomic E-state index is -0.204. The van der Waals surface area contributed by atoms with E-state index in [1.165, 1.54) is 16.7 Å². The highest BCUT2D eigenvalue weighted by Crippen LogP contribution is 2.23. The van der Waals surface area contributed by atoms with Crippen molar-refractivity contribution < 1.29 is 9.53 Å². The van der Waals surface area contributed by atoms with Crippen molar-refractivity contribution in [1.29, 1.82) is 0 Å². The summed E-state index contributed by atoms with van der Waals surface area (Å²) in [4.78, 5) is 13.6. The summed E-state index contributed by atoms with van der Waals surface area (Å²) in [5.74, 6) is 0.675. The Morgan fingerprint density at radius 3 is 2.72 bits per heavy atom. The maximum Gasteiger partial charge on any atom is 0.234 e. The number of hydrogen-bond donors (Lipinski definition) is 1. The lowest BCUT2D eigenvalue weighted by Crippen LogP contribution is -2.40. The fraction of sp³-hybridized carbons (Fsp3) is 0.381. The Bertz CT molecular complexity index is 712. The van der Waals surface area contributed by atoms with E-state index in [1.807, 2.05) is 12.1 Å². The van der Waals surface area contributed by atoms with Gasteiger partial charge >= 0.3 is 0 Å². The molecule has 0 saturated carbocycles. The average Bonchev–Trinajstić information content (AvgIpc) is 3.08. The normalized spacial score (nSPS) is 17.6. The predicted octanol–water partition coefficient (Wildman–Crippen LogP) is 3.38. The van der Waals surface area contributed by atoms with Crippen LogP contribution in [0.1, 0.15) is 24.8 Å². The van der Waals surface area contributed by atoms with Crippen LogP contribution in [0.15, 0.2) is 48.5 Å². The van der Waals surface area contributed by atoms with E-state index >= 15 is 0 Å². The van der Waals surface area contributed by atoms with Crippen molar-refractivity contribution in [2.75, 3.05) is 19.7 Å². The van der Waals surface area contributed by atoms with Crippen LogP contribution in [0.25, 0.3) is 11.1 Å². The molecule has 1 aliphatic rings. The summed E-state index contributed by atoms with van der Waals surface area (Å²) in [6.07, 6.45) is 2.83. The van der Waals surface area contributed by atoms with Gasteiger partial charge in [0.25, 0.3) is 0 Å². The Morgan fingerprint density at radius 2 is 2.00 bits per heavy atom. The first-order valence-electron chi connectivity index (χ1n) is 8.97. The van der Waals surface area contributed by atoms with Gasteiger partial charge in [-0.05, 0) is 56.0 Å². The largest absolute Gasteiger partial charge is 0.494 e. The van der Waals surface area contributed by atoms with Gasteiger partial charge in [0.2, 0.25) is 5.91 Å². The van der Waals surface area contributed by atoms with Crippen molar-refractivity contribution in [3.63, 3.8) is 0 Å². The highest BCUT2D eigenvalue weighted by atomic mass is 16.5. The summed E-state index contributed by atoms with van der Waals surface area (Å²) < 4.78 is 5.83. The molecular weight excluding hydrogens is 312 g/mol. The molecule has 2 aromatic rings. The number of primary amides is 1. The second kappa shape index (κ2) is 8.17. The first-order valence-corrected chi connectivity index (χ1v) is 8.97. The summed E-state index contributed by atoms with van der Waals surface area (Å²) in [5.41, 5.74) is 9.11. The highest BCUT2D eigenvalue weighted by Gasteiger charge is 2.28. The minimum absolute atomic E-state index is 0.0892. The fourth-order valence-corrected chi connectivity index (χ4v) is 3.44. The molecule has 2 aromatic carbocycles. The van der Waals surface area contributed by atoms with E-state index in [9.17, 15) is 4.79 Å². The van der Waals surface area contributed by atoms with Gasteiger partial charge in [0, 0.05) is 6.54 Å². The number of hydrogen-bond acceptors (Lipinski definition) is 3. The summed E-state index contributed by atoms with van der Waals surface area (Å²) in [7, 11) is 0. The first-order chi connectivity index (χ1) is 12.1. The molecule has 0 radical (unpaired) electrons. The van der Waals surface area contributed by atoms with Crippen molar-refractivity contribution in [3.8, 4) is 16.9 Å². The third-order valence-electron chi connectivity index (χ3n) is 4.76. The maximum absolute atomic E-state index is 11.4. The van der Waals surface area contributed by atoms with Crippen molar-refractivity contribution in [1.82, 2.24) is 4.90 Å². The zero-order chi connectivity index (χ0) is 17.6. The molecule has 0 spiro atoms. The Kier molecular flexibility index (Phi) is 5.71. The van der Waals surface area contributed by atoms with Crippen molar-refractivity contribution in [3.05, 3.63) is 54.1 Å². The van der Waals surface area contributed by atoms with E-state index < -0.39 is 0 Å². The Hall–Kier alpha value is -2.33. The third-order valence-corrected chi connectivity index (χ3v) is 4.76. The Balaban J connectivity index is 1.47. The Morgan fingerprint density at radius 1 is 1.20 bits per heavy atom. The molecule has 1 saturated heterocycles. The standard InChI is InChI=1S/C21H26N2O2/c1-16-5-2-6-18(15-16)17-8-10-19(11-9-17)25-14-4-13-23-12-3-7-20(23)21(22)24/h2,5-6,8-11,15,20H,3-4,7,12-14H2,1H3,(H2,22,24). The lowest BCUT2D eigenvalue weighted by Gasteiger charge is -2.21. The van der Waals surface area contributed by atoms with Gasteiger partial charge in [0.05, 0.1) is 12.6 Å². The molecule has 1 unspecified atom stereocenters. The van der Waals surface area contributed by atoms with E-state index in [2.05, 4.69) is 48.2 Å². The number of nitrogens with two attached hydrogens (primary N) is 1. The van der Waals surface area contributed by atoms with E-state index in [4.69, 9.17) is 10.5 Å². The Labute approximate surface area is 149 Å².